The molecule has 0 saturated heterocycles. The summed E-state index contributed by atoms with van der Waals surface area (Å²) < 4.78 is 0. The van der Waals surface area contributed by atoms with Crippen molar-refractivity contribution in [3.63, 3.8) is 0 Å². The summed E-state index contributed by atoms with van der Waals surface area (Å²) in [7, 11) is 0. The van der Waals surface area contributed by atoms with Crippen LogP contribution < -0.4 is 0 Å². The minimum atomic E-state index is 0.879. The molecule has 0 amide bonds. The highest BCUT2D eigenvalue weighted by molar-refractivity contribution is 6.12. The van der Waals surface area contributed by atoms with Gasteiger partial charge in [-0.15, -0.1) is 0 Å². The van der Waals surface area contributed by atoms with Crippen LogP contribution in [0.2, 0.25) is 0 Å². The molecule has 50 heavy (non-hydrogen) atoms. The lowest BCUT2D eigenvalue weighted by Gasteiger charge is -2.08. The number of aliphatic imine (C=N–C) groups is 2. The number of nitrogens with zero attached hydrogens (tertiary/aromatic N) is 2. The fourth-order valence-corrected chi connectivity index (χ4v) is 7.87. The number of fused-ring (bicyclic) bond motifs is 3. The van der Waals surface area contributed by atoms with Gasteiger partial charge in [-0.2, -0.15) is 0 Å². The zero-order valence-electron chi connectivity index (χ0n) is 27.7. The van der Waals surface area contributed by atoms with Gasteiger partial charge in [0, 0.05) is 24.3 Å². The molecule has 4 aliphatic rings. The lowest BCUT2D eigenvalue weighted by atomic mass is 9.95. The van der Waals surface area contributed by atoms with Crippen molar-refractivity contribution >= 4 is 44.7 Å². The van der Waals surface area contributed by atoms with Crippen LogP contribution in [-0.2, 0) is 12.8 Å². The summed E-state index contributed by atoms with van der Waals surface area (Å²) in [5.41, 5.74) is 20.2. The highest BCUT2D eigenvalue weighted by atomic mass is 14.8. The molecule has 0 spiro atoms. The second-order valence-corrected chi connectivity index (χ2v) is 13.8. The fraction of sp³-hybridized carbons (Fsp3) is 0.0833. The SMILES string of the molecule is C1=C(C2=Nc3cc4cc5c(cc4cc3C2)N=C(C2=CC=C(c3ccc(-c4ccccc4)cc3)C2)C5)CC(c2ccc(-c3ccccc3)cc2)=C1. The standard InChI is InChI=1S/C48H34N2/c1-3-7-31(8-4-1)33-11-15-35(16-12-33)37-19-21-39(23-37)45-29-43-25-41-28-48-44(26-42(41)27-47(43)49-45)30-46(50-48)40-22-20-38(24-40)36-17-13-34(14-18-36)32-9-5-2-6-10-32/h1-22,25-28H,23-24,29-30H2. The second-order valence-electron chi connectivity index (χ2n) is 13.8. The Morgan fingerprint density at radius 1 is 0.320 bits per heavy atom. The highest BCUT2D eigenvalue weighted by Gasteiger charge is 2.25. The normalized spacial score (nSPS) is 16.0. The first-order valence-corrected chi connectivity index (χ1v) is 17.6. The Morgan fingerprint density at radius 3 is 1.10 bits per heavy atom. The third-order valence-corrected chi connectivity index (χ3v) is 10.7. The number of rotatable bonds is 6. The predicted molar refractivity (Wildman–Crippen MR) is 211 cm³/mol. The Bertz CT molecular complexity index is 2340. The van der Waals surface area contributed by atoms with E-state index in [1.807, 2.05) is 0 Å². The molecular weight excluding hydrogens is 605 g/mol. The van der Waals surface area contributed by atoms with E-state index in [-0.39, 0.29) is 0 Å². The van der Waals surface area contributed by atoms with Crippen LogP contribution in [0.3, 0.4) is 0 Å². The van der Waals surface area contributed by atoms with E-state index in [1.165, 1.54) is 89.0 Å². The van der Waals surface area contributed by atoms with Gasteiger partial charge in [-0.3, -0.25) is 9.98 Å². The molecule has 6 aromatic rings. The van der Waals surface area contributed by atoms with Crippen LogP contribution in [0.25, 0.3) is 44.2 Å². The van der Waals surface area contributed by atoms with E-state index in [0.29, 0.717) is 0 Å². The first-order valence-electron chi connectivity index (χ1n) is 17.6. The molecular formula is C48H34N2. The first-order chi connectivity index (χ1) is 24.7. The van der Waals surface area contributed by atoms with Gasteiger partial charge in [0.25, 0.3) is 0 Å². The Morgan fingerprint density at radius 2 is 0.680 bits per heavy atom. The number of hydrogen-bond donors (Lipinski definition) is 0. The molecule has 2 heteroatoms. The van der Waals surface area contributed by atoms with Gasteiger partial charge in [0.2, 0.25) is 0 Å². The van der Waals surface area contributed by atoms with Crippen LogP contribution in [0, 0.1) is 0 Å². The van der Waals surface area contributed by atoms with Gasteiger partial charge in [-0.1, -0.05) is 133 Å². The smallest absolute Gasteiger partial charge is 0.0675 e. The van der Waals surface area contributed by atoms with Crippen LogP contribution in [0.4, 0.5) is 11.4 Å². The molecule has 2 aliphatic heterocycles. The van der Waals surface area contributed by atoms with Gasteiger partial charge in [-0.25, -0.2) is 0 Å². The number of hydrogen-bond acceptors (Lipinski definition) is 2. The average Bonchev–Trinajstić information content (AvgIpc) is 4.00. The number of benzene rings is 6. The molecule has 0 bridgehead atoms. The van der Waals surface area contributed by atoms with E-state index in [4.69, 9.17) is 9.98 Å². The Kier molecular flexibility index (Phi) is 6.80. The lowest BCUT2D eigenvalue weighted by Crippen LogP contribution is -2.01. The summed E-state index contributed by atoms with van der Waals surface area (Å²) in [6.45, 7) is 0. The van der Waals surface area contributed by atoms with Gasteiger partial charge in [0.15, 0.2) is 0 Å². The van der Waals surface area contributed by atoms with E-state index in [1.54, 1.807) is 0 Å². The van der Waals surface area contributed by atoms with Crippen molar-refractivity contribution in [2.45, 2.75) is 25.7 Å². The molecule has 10 rings (SSSR count). The molecule has 0 fully saturated rings. The topological polar surface area (TPSA) is 24.7 Å². The first kappa shape index (κ1) is 28.9. The molecule has 0 radical (unpaired) electrons. The summed E-state index contributed by atoms with van der Waals surface area (Å²) >= 11 is 0. The molecule has 0 unspecified atom stereocenters. The van der Waals surface area contributed by atoms with Gasteiger partial charge < -0.3 is 0 Å². The molecule has 0 N–H and O–H groups in total. The lowest BCUT2D eigenvalue weighted by molar-refractivity contribution is 1.31. The van der Waals surface area contributed by atoms with Crippen molar-refractivity contribution in [3.8, 4) is 22.3 Å². The predicted octanol–water partition coefficient (Wildman–Crippen LogP) is 12.3. The fourth-order valence-electron chi connectivity index (χ4n) is 7.87. The summed E-state index contributed by atoms with van der Waals surface area (Å²) in [5.74, 6) is 0. The van der Waals surface area contributed by atoms with Crippen LogP contribution in [0.1, 0.15) is 35.1 Å². The Balaban J connectivity index is 0.808. The average molecular weight is 639 g/mol. The summed E-state index contributed by atoms with van der Waals surface area (Å²) in [6, 6.07) is 48.3. The van der Waals surface area contributed by atoms with Crippen LogP contribution in [0.5, 0.6) is 0 Å². The third kappa shape index (κ3) is 5.21. The maximum atomic E-state index is 5.17. The van der Waals surface area contributed by atoms with Crippen molar-refractivity contribution in [1.29, 1.82) is 0 Å². The Labute approximate surface area is 292 Å². The van der Waals surface area contributed by atoms with Crippen molar-refractivity contribution in [1.82, 2.24) is 0 Å². The van der Waals surface area contributed by atoms with Crippen LogP contribution in [0.15, 0.2) is 179 Å². The number of allylic oxidation sites excluding steroid dienone is 8. The zero-order chi connectivity index (χ0) is 33.0. The monoisotopic (exact) mass is 638 g/mol. The molecule has 0 saturated carbocycles. The van der Waals surface area contributed by atoms with Gasteiger partial charge in [-0.05, 0) is 115 Å². The second kappa shape index (κ2) is 11.8. The third-order valence-electron chi connectivity index (χ3n) is 10.7. The van der Waals surface area contributed by atoms with E-state index in [0.717, 1.165) is 37.1 Å². The summed E-state index contributed by atoms with van der Waals surface area (Å²) in [5, 5.41) is 2.50. The minimum Gasteiger partial charge on any atom is -0.252 e. The van der Waals surface area contributed by atoms with Crippen molar-refractivity contribution < 1.29 is 0 Å². The zero-order valence-corrected chi connectivity index (χ0v) is 27.7. The van der Waals surface area contributed by atoms with Gasteiger partial charge in [0.05, 0.1) is 11.4 Å². The van der Waals surface area contributed by atoms with E-state index >= 15 is 0 Å². The highest BCUT2D eigenvalue weighted by Crippen LogP contribution is 2.41. The van der Waals surface area contributed by atoms with E-state index in [2.05, 4.69) is 158 Å². The summed E-state index contributed by atoms with van der Waals surface area (Å²) in [4.78, 5) is 10.3. The quantitative estimate of drug-likeness (QED) is 0.173. The molecule has 0 aromatic heterocycles. The maximum Gasteiger partial charge on any atom is 0.0675 e. The minimum absolute atomic E-state index is 0.879. The molecule has 2 aliphatic carbocycles. The summed E-state index contributed by atoms with van der Waals surface area (Å²) in [6.07, 6.45) is 12.7. The van der Waals surface area contributed by atoms with Crippen LogP contribution >= 0.6 is 0 Å². The maximum absolute atomic E-state index is 5.17. The van der Waals surface area contributed by atoms with Crippen molar-refractivity contribution in [3.05, 3.63) is 191 Å². The molecule has 6 aromatic carbocycles. The van der Waals surface area contributed by atoms with E-state index < -0.39 is 0 Å². The largest absolute Gasteiger partial charge is 0.252 e. The molecule has 2 heterocycles. The van der Waals surface area contributed by atoms with Gasteiger partial charge in [0.1, 0.15) is 0 Å². The molecule has 2 nitrogen and oxygen atoms in total. The molecule has 236 valence electrons. The van der Waals surface area contributed by atoms with Gasteiger partial charge >= 0.3 is 0 Å². The molecule has 0 atom stereocenters. The van der Waals surface area contributed by atoms with E-state index in [9.17, 15) is 0 Å². The van der Waals surface area contributed by atoms with Crippen molar-refractivity contribution in [2.75, 3.05) is 0 Å². The van der Waals surface area contributed by atoms with Crippen LogP contribution in [-0.4, -0.2) is 11.4 Å². The van der Waals surface area contributed by atoms with Crippen molar-refractivity contribution in [2.24, 2.45) is 9.98 Å². The Hall–Kier alpha value is -6.12.